The average Bonchev–Trinajstić information content (AvgIpc) is 2.65. The van der Waals surface area contributed by atoms with E-state index in [4.69, 9.17) is 0 Å². The molecule has 0 bridgehead atoms. The predicted molar refractivity (Wildman–Crippen MR) is 110 cm³/mol. The van der Waals surface area contributed by atoms with E-state index in [0.29, 0.717) is 12.1 Å². The van der Waals surface area contributed by atoms with Crippen molar-refractivity contribution in [2.24, 2.45) is 0 Å². The molecule has 5 heteroatoms. The summed E-state index contributed by atoms with van der Waals surface area (Å²) in [5.41, 5.74) is 3.92. The van der Waals surface area contributed by atoms with Gasteiger partial charge < -0.3 is 10.3 Å². The molecular formula is C21H24N2O2S. The summed E-state index contributed by atoms with van der Waals surface area (Å²) in [7, 11) is 0. The summed E-state index contributed by atoms with van der Waals surface area (Å²) >= 11 is 1.42. The SMILES string of the molecule is C=CSC(=C(C)CC)c1c[nH]c(C(=O)NCc2ccc(C)cc2)cc1=O. The van der Waals surface area contributed by atoms with Gasteiger partial charge in [-0.25, -0.2) is 0 Å². The van der Waals surface area contributed by atoms with Crippen LogP contribution in [0, 0.1) is 6.92 Å². The third kappa shape index (κ3) is 4.99. The Morgan fingerprint density at radius 3 is 2.58 bits per heavy atom. The first-order valence-corrected chi connectivity index (χ1v) is 9.38. The van der Waals surface area contributed by atoms with E-state index in [-0.39, 0.29) is 17.0 Å². The van der Waals surface area contributed by atoms with Crippen LogP contribution in [0.1, 0.15) is 47.4 Å². The molecule has 0 aliphatic rings. The van der Waals surface area contributed by atoms with E-state index in [9.17, 15) is 9.59 Å². The normalized spacial score (nSPS) is 11.7. The van der Waals surface area contributed by atoms with Crippen LogP contribution in [0.5, 0.6) is 0 Å². The van der Waals surface area contributed by atoms with Crippen LogP contribution < -0.4 is 10.7 Å². The molecule has 2 N–H and O–H groups in total. The number of carbonyl (C=O) groups excluding carboxylic acids is 1. The zero-order valence-corrected chi connectivity index (χ0v) is 16.2. The van der Waals surface area contributed by atoms with E-state index < -0.39 is 0 Å². The van der Waals surface area contributed by atoms with Gasteiger partial charge in [0, 0.05) is 23.7 Å². The monoisotopic (exact) mass is 368 g/mol. The second-order valence-electron chi connectivity index (χ2n) is 6.04. The summed E-state index contributed by atoms with van der Waals surface area (Å²) in [6.45, 7) is 10.2. The number of thioether (sulfide) groups is 1. The first kappa shape index (κ1) is 19.8. The minimum Gasteiger partial charge on any atom is -0.356 e. The molecule has 0 saturated carbocycles. The van der Waals surface area contributed by atoms with Gasteiger partial charge in [0.2, 0.25) is 0 Å². The maximum absolute atomic E-state index is 12.5. The number of aromatic amines is 1. The molecule has 0 aliphatic heterocycles. The van der Waals surface area contributed by atoms with Crippen LogP contribution in [0.3, 0.4) is 0 Å². The molecule has 0 atom stereocenters. The third-order valence-electron chi connectivity index (χ3n) is 4.09. The Balaban J connectivity index is 2.17. The molecule has 0 spiro atoms. The van der Waals surface area contributed by atoms with Crippen LogP contribution >= 0.6 is 11.8 Å². The molecule has 1 heterocycles. The van der Waals surface area contributed by atoms with Gasteiger partial charge in [0.25, 0.3) is 5.91 Å². The second kappa shape index (κ2) is 9.25. The number of amides is 1. The lowest BCUT2D eigenvalue weighted by Gasteiger charge is -2.10. The van der Waals surface area contributed by atoms with Gasteiger partial charge in [-0.2, -0.15) is 0 Å². The van der Waals surface area contributed by atoms with Crippen LogP contribution in [0.25, 0.3) is 4.91 Å². The van der Waals surface area contributed by atoms with E-state index in [0.717, 1.165) is 22.5 Å². The van der Waals surface area contributed by atoms with Crippen molar-refractivity contribution in [2.45, 2.75) is 33.7 Å². The number of H-pyrrole nitrogens is 1. The number of hydrogen-bond acceptors (Lipinski definition) is 3. The first-order valence-electron chi connectivity index (χ1n) is 8.50. The molecule has 4 nitrogen and oxygen atoms in total. The standard InChI is InChI=1S/C21H24N2O2S/c1-5-15(4)20(26-6-2)17-13-22-18(11-19(17)24)21(25)23-12-16-9-7-14(3)8-10-16/h6-11,13H,2,5,12H2,1,3-4H3,(H,22,24)(H,23,25). The van der Waals surface area contributed by atoms with Crippen molar-refractivity contribution < 1.29 is 4.79 Å². The Morgan fingerprint density at radius 2 is 2.00 bits per heavy atom. The number of rotatable bonds is 7. The maximum Gasteiger partial charge on any atom is 0.268 e. The third-order valence-corrected chi connectivity index (χ3v) is 5.07. The van der Waals surface area contributed by atoms with Crippen LogP contribution in [0.2, 0.25) is 0 Å². The number of carbonyl (C=O) groups is 1. The smallest absolute Gasteiger partial charge is 0.268 e. The first-order chi connectivity index (χ1) is 12.5. The molecule has 1 aromatic carbocycles. The molecule has 26 heavy (non-hydrogen) atoms. The fraction of sp³-hybridized carbons (Fsp3) is 0.238. The van der Waals surface area contributed by atoms with Gasteiger partial charge in [-0.3, -0.25) is 9.59 Å². The number of pyridine rings is 1. The minimum absolute atomic E-state index is 0.179. The molecule has 0 unspecified atom stereocenters. The van der Waals surface area contributed by atoms with E-state index in [2.05, 4.69) is 16.9 Å². The summed E-state index contributed by atoms with van der Waals surface area (Å²) in [6.07, 6.45) is 2.45. The van der Waals surface area contributed by atoms with Crippen LogP contribution in [0.15, 0.2) is 58.9 Å². The van der Waals surface area contributed by atoms with Crippen molar-refractivity contribution >= 4 is 22.6 Å². The number of hydrogen-bond donors (Lipinski definition) is 2. The minimum atomic E-state index is -0.302. The Bertz CT molecular complexity index is 880. The quantitative estimate of drug-likeness (QED) is 0.749. The highest BCUT2D eigenvalue weighted by Crippen LogP contribution is 2.30. The van der Waals surface area contributed by atoms with Crippen molar-refractivity contribution in [3.63, 3.8) is 0 Å². The summed E-state index contributed by atoms with van der Waals surface area (Å²) in [4.78, 5) is 28.7. The predicted octanol–water partition coefficient (Wildman–Crippen LogP) is 4.63. The van der Waals surface area contributed by atoms with Crippen molar-refractivity contribution in [2.75, 3.05) is 0 Å². The molecular weight excluding hydrogens is 344 g/mol. The number of aromatic nitrogens is 1. The van der Waals surface area contributed by atoms with Crippen molar-refractivity contribution in [1.82, 2.24) is 10.3 Å². The Hall–Kier alpha value is -2.53. The number of nitrogens with one attached hydrogen (secondary N) is 2. The van der Waals surface area contributed by atoms with Crippen molar-refractivity contribution in [3.05, 3.63) is 86.7 Å². The molecule has 0 radical (unpaired) electrons. The lowest BCUT2D eigenvalue weighted by Crippen LogP contribution is -2.25. The van der Waals surface area contributed by atoms with Gasteiger partial charge in [0.05, 0.1) is 5.56 Å². The Kier molecular flexibility index (Phi) is 7.04. The lowest BCUT2D eigenvalue weighted by molar-refractivity contribution is 0.0946. The summed E-state index contributed by atoms with van der Waals surface area (Å²) in [5, 5.41) is 4.53. The Labute approximate surface area is 158 Å². The lowest BCUT2D eigenvalue weighted by atomic mass is 10.1. The Morgan fingerprint density at radius 1 is 1.31 bits per heavy atom. The van der Waals surface area contributed by atoms with Crippen molar-refractivity contribution in [1.29, 1.82) is 0 Å². The largest absolute Gasteiger partial charge is 0.356 e. The number of benzene rings is 1. The van der Waals surface area contributed by atoms with Crippen LogP contribution in [-0.4, -0.2) is 10.9 Å². The van der Waals surface area contributed by atoms with Gasteiger partial charge in [-0.15, -0.1) is 0 Å². The van der Waals surface area contributed by atoms with Crippen molar-refractivity contribution in [3.8, 4) is 0 Å². The zero-order chi connectivity index (χ0) is 19.1. The van der Waals surface area contributed by atoms with E-state index in [1.54, 1.807) is 11.6 Å². The molecule has 0 aliphatic carbocycles. The van der Waals surface area contributed by atoms with E-state index >= 15 is 0 Å². The summed E-state index contributed by atoms with van der Waals surface area (Å²) < 4.78 is 0. The molecule has 2 aromatic rings. The highest BCUT2D eigenvalue weighted by atomic mass is 32.2. The number of allylic oxidation sites excluding steroid dienone is 1. The number of aryl methyl sites for hydroxylation is 1. The van der Waals surface area contributed by atoms with E-state index in [1.165, 1.54) is 23.4 Å². The summed E-state index contributed by atoms with van der Waals surface area (Å²) in [5.74, 6) is -0.302. The topological polar surface area (TPSA) is 62.0 Å². The van der Waals surface area contributed by atoms with Gasteiger partial charge in [-0.05, 0) is 31.2 Å². The zero-order valence-electron chi connectivity index (χ0n) is 15.4. The molecule has 0 fully saturated rings. The maximum atomic E-state index is 12.5. The van der Waals surface area contributed by atoms with Crippen LogP contribution in [0.4, 0.5) is 0 Å². The van der Waals surface area contributed by atoms with Gasteiger partial charge in [0.15, 0.2) is 5.43 Å². The summed E-state index contributed by atoms with van der Waals surface area (Å²) in [6, 6.07) is 9.29. The molecule has 0 saturated heterocycles. The van der Waals surface area contributed by atoms with Gasteiger partial charge in [-0.1, -0.05) is 60.7 Å². The molecule has 1 aromatic heterocycles. The highest BCUT2D eigenvalue weighted by molar-refractivity contribution is 8.10. The second-order valence-corrected chi connectivity index (χ2v) is 7.02. The fourth-order valence-corrected chi connectivity index (χ4v) is 3.20. The van der Waals surface area contributed by atoms with Crippen LogP contribution in [-0.2, 0) is 6.54 Å². The van der Waals surface area contributed by atoms with Gasteiger partial charge >= 0.3 is 0 Å². The van der Waals surface area contributed by atoms with E-state index in [1.807, 2.05) is 45.0 Å². The highest BCUT2D eigenvalue weighted by Gasteiger charge is 2.13. The average molecular weight is 369 g/mol. The molecule has 2 rings (SSSR count). The fourth-order valence-electron chi connectivity index (χ4n) is 2.40. The molecule has 136 valence electrons. The van der Waals surface area contributed by atoms with Gasteiger partial charge in [0.1, 0.15) is 5.69 Å². The molecule has 1 amide bonds.